The molecule has 0 bridgehead atoms. The number of nitrogens with one attached hydrogen (secondary N) is 1. The molecule has 0 spiro atoms. The van der Waals surface area contributed by atoms with E-state index in [0.717, 1.165) is 29.7 Å². The summed E-state index contributed by atoms with van der Waals surface area (Å²) in [5, 5.41) is 3.03. The second-order valence-corrected chi connectivity index (χ2v) is 8.71. The summed E-state index contributed by atoms with van der Waals surface area (Å²) in [6.07, 6.45) is 9.11. The van der Waals surface area contributed by atoms with Crippen LogP contribution in [0.4, 0.5) is 5.69 Å². The molecule has 0 aromatic heterocycles. The standard InChI is InChI=1S/C23H29NO3/c1-16-11-19-15-27-22(26)23(19,13-16)14-18-7-9-20(10-8-18)24-21(25)12-17-5-3-2-4-6-17/h7-10,17,19H,1-6,11-15H2,(H,24,25). The largest absolute Gasteiger partial charge is 0.465 e. The molecule has 144 valence electrons. The molecule has 2 atom stereocenters. The summed E-state index contributed by atoms with van der Waals surface area (Å²) >= 11 is 0. The number of anilines is 1. The summed E-state index contributed by atoms with van der Waals surface area (Å²) in [4.78, 5) is 24.7. The number of rotatable bonds is 5. The van der Waals surface area contributed by atoms with Gasteiger partial charge in [-0.1, -0.05) is 43.5 Å². The van der Waals surface area contributed by atoms with Crippen LogP contribution in [0.25, 0.3) is 0 Å². The molecular formula is C23H29NO3. The lowest BCUT2D eigenvalue weighted by molar-refractivity contribution is -0.146. The number of carbonyl (C=O) groups is 2. The minimum atomic E-state index is -0.428. The number of carbonyl (C=O) groups excluding carboxylic acids is 2. The van der Waals surface area contributed by atoms with Crippen molar-refractivity contribution in [2.24, 2.45) is 17.3 Å². The fourth-order valence-corrected chi connectivity index (χ4v) is 5.20. The van der Waals surface area contributed by atoms with Gasteiger partial charge in [-0.3, -0.25) is 9.59 Å². The molecule has 4 heteroatoms. The highest BCUT2D eigenvalue weighted by atomic mass is 16.5. The molecule has 4 rings (SSSR count). The first-order chi connectivity index (χ1) is 13.0. The van der Waals surface area contributed by atoms with Gasteiger partial charge in [-0.05, 0) is 55.7 Å². The van der Waals surface area contributed by atoms with Crippen molar-refractivity contribution in [3.8, 4) is 0 Å². The maximum Gasteiger partial charge on any atom is 0.313 e. The van der Waals surface area contributed by atoms with E-state index in [0.29, 0.717) is 25.4 Å². The van der Waals surface area contributed by atoms with Crippen LogP contribution in [0.15, 0.2) is 36.4 Å². The SMILES string of the molecule is C=C1CC2COC(=O)C2(Cc2ccc(NC(=O)CC3CCCCC3)cc2)C1. The summed E-state index contributed by atoms with van der Waals surface area (Å²) in [6.45, 7) is 4.62. The molecule has 2 unspecified atom stereocenters. The van der Waals surface area contributed by atoms with Gasteiger partial charge in [-0.2, -0.15) is 0 Å². The average Bonchev–Trinajstić information content (AvgIpc) is 3.12. The third-order valence-electron chi connectivity index (χ3n) is 6.66. The van der Waals surface area contributed by atoms with Crippen LogP contribution in [0.1, 0.15) is 56.9 Å². The van der Waals surface area contributed by atoms with E-state index in [1.54, 1.807) is 0 Å². The zero-order chi connectivity index (χ0) is 18.9. The molecule has 3 aliphatic rings. The molecule has 1 N–H and O–H groups in total. The molecule has 1 aromatic carbocycles. The van der Waals surface area contributed by atoms with E-state index in [1.165, 1.54) is 32.1 Å². The molecule has 0 radical (unpaired) electrons. The molecule has 1 aromatic rings. The quantitative estimate of drug-likeness (QED) is 0.609. The fraction of sp³-hybridized carbons (Fsp3) is 0.565. The molecule has 1 heterocycles. The van der Waals surface area contributed by atoms with Crippen LogP contribution in [-0.2, 0) is 20.7 Å². The Morgan fingerprint density at radius 2 is 1.93 bits per heavy atom. The van der Waals surface area contributed by atoms with E-state index < -0.39 is 5.41 Å². The zero-order valence-electron chi connectivity index (χ0n) is 16.0. The summed E-state index contributed by atoms with van der Waals surface area (Å²) in [5.74, 6) is 0.834. The lowest BCUT2D eigenvalue weighted by atomic mass is 9.75. The van der Waals surface area contributed by atoms with E-state index >= 15 is 0 Å². The highest BCUT2D eigenvalue weighted by Gasteiger charge is 2.55. The maximum atomic E-state index is 12.4. The van der Waals surface area contributed by atoms with Gasteiger partial charge < -0.3 is 10.1 Å². The third kappa shape index (κ3) is 3.80. The van der Waals surface area contributed by atoms with Crippen LogP contribution in [0.3, 0.4) is 0 Å². The van der Waals surface area contributed by atoms with Crippen LogP contribution in [0.5, 0.6) is 0 Å². The van der Waals surface area contributed by atoms with E-state index in [4.69, 9.17) is 4.74 Å². The number of cyclic esters (lactones) is 1. The van der Waals surface area contributed by atoms with Gasteiger partial charge in [-0.25, -0.2) is 0 Å². The Morgan fingerprint density at radius 1 is 1.19 bits per heavy atom. The van der Waals surface area contributed by atoms with Gasteiger partial charge in [0.05, 0.1) is 12.0 Å². The van der Waals surface area contributed by atoms with Gasteiger partial charge in [0.2, 0.25) is 5.91 Å². The number of amides is 1. The van der Waals surface area contributed by atoms with Crippen LogP contribution in [0, 0.1) is 17.3 Å². The first-order valence-electron chi connectivity index (χ1n) is 10.3. The van der Waals surface area contributed by atoms with Gasteiger partial charge in [0.1, 0.15) is 0 Å². The van der Waals surface area contributed by atoms with Crippen molar-refractivity contribution in [2.75, 3.05) is 11.9 Å². The van der Waals surface area contributed by atoms with Crippen molar-refractivity contribution >= 4 is 17.6 Å². The Balaban J connectivity index is 1.37. The molecule has 2 saturated carbocycles. The Bertz CT molecular complexity index is 732. The Morgan fingerprint density at radius 3 is 2.67 bits per heavy atom. The highest BCUT2D eigenvalue weighted by Crippen LogP contribution is 2.52. The number of ether oxygens (including phenoxy) is 1. The van der Waals surface area contributed by atoms with Crippen molar-refractivity contribution in [1.29, 1.82) is 0 Å². The number of benzene rings is 1. The number of esters is 1. The second kappa shape index (κ2) is 7.49. The zero-order valence-corrected chi connectivity index (χ0v) is 16.0. The second-order valence-electron chi connectivity index (χ2n) is 8.71. The van der Waals surface area contributed by atoms with Gasteiger partial charge in [0.15, 0.2) is 0 Å². The van der Waals surface area contributed by atoms with Crippen LogP contribution < -0.4 is 5.32 Å². The van der Waals surface area contributed by atoms with Crippen molar-refractivity contribution in [1.82, 2.24) is 0 Å². The van der Waals surface area contributed by atoms with Crippen molar-refractivity contribution in [3.63, 3.8) is 0 Å². The van der Waals surface area contributed by atoms with Gasteiger partial charge in [0.25, 0.3) is 0 Å². The number of allylic oxidation sites excluding steroid dienone is 1. The summed E-state index contributed by atoms with van der Waals surface area (Å²) < 4.78 is 5.36. The first-order valence-corrected chi connectivity index (χ1v) is 10.3. The van der Waals surface area contributed by atoms with Crippen molar-refractivity contribution in [3.05, 3.63) is 42.0 Å². The fourth-order valence-electron chi connectivity index (χ4n) is 5.20. The molecule has 1 amide bonds. The van der Waals surface area contributed by atoms with E-state index in [1.807, 2.05) is 24.3 Å². The average molecular weight is 367 g/mol. The smallest absolute Gasteiger partial charge is 0.313 e. The lowest BCUT2D eigenvalue weighted by Gasteiger charge is -2.24. The van der Waals surface area contributed by atoms with Gasteiger partial charge in [-0.15, -0.1) is 0 Å². The highest BCUT2D eigenvalue weighted by molar-refractivity contribution is 5.90. The summed E-state index contributed by atoms with van der Waals surface area (Å²) in [7, 11) is 0. The molecule has 4 nitrogen and oxygen atoms in total. The molecule has 2 aliphatic carbocycles. The molecule has 1 aliphatic heterocycles. The Labute approximate surface area is 161 Å². The van der Waals surface area contributed by atoms with Crippen LogP contribution in [-0.4, -0.2) is 18.5 Å². The number of hydrogen-bond donors (Lipinski definition) is 1. The maximum absolute atomic E-state index is 12.4. The van der Waals surface area contributed by atoms with E-state index in [2.05, 4.69) is 11.9 Å². The van der Waals surface area contributed by atoms with Crippen LogP contribution in [0.2, 0.25) is 0 Å². The Kier molecular flexibility index (Phi) is 5.07. The van der Waals surface area contributed by atoms with Crippen molar-refractivity contribution in [2.45, 2.75) is 57.8 Å². The van der Waals surface area contributed by atoms with Gasteiger partial charge in [0, 0.05) is 18.0 Å². The predicted molar refractivity (Wildman–Crippen MR) is 105 cm³/mol. The minimum Gasteiger partial charge on any atom is -0.465 e. The number of fused-ring (bicyclic) bond motifs is 1. The van der Waals surface area contributed by atoms with Gasteiger partial charge >= 0.3 is 5.97 Å². The summed E-state index contributed by atoms with van der Waals surface area (Å²) in [6, 6.07) is 7.94. The summed E-state index contributed by atoms with van der Waals surface area (Å²) in [5.41, 5.74) is 2.67. The molecule has 1 saturated heterocycles. The lowest BCUT2D eigenvalue weighted by Crippen LogP contribution is -2.31. The molecule has 27 heavy (non-hydrogen) atoms. The Hall–Kier alpha value is -2.10. The molecule has 3 fully saturated rings. The molecular weight excluding hydrogens is 338 g/mol. The predicted octanol–water partition coefficient (Wildman–Crippen LogP) is 4.65. The first kappa shape index (κ1) is 18.3. The van der Waals surface area contributed by atoms with Crippen molar-refractivity contribution < 1.29 is 14.3 Å². The third-order valence-corrected chi connectivity index (χ3v) is 6.66. The van der Waals surface area contributed by atoms with E-state index in [-0.39, 0.29) is 17.8 Å². The normalized spacial score (nSPS) is 28.1. The van der Waals surface area contributed by atoms with E-state index in [9.17, 15) is 9.59 Å². The van der Waals surface area contributed by atoms with Crippen LogP contribution >= 0.6 is 0 Å². The topological polar surface area (TPSA) is 55.4 Å². The minimum absolute atomic E-state index is 0.0731. The monoisotopic (exact) mass is 367 g/mol. The number of hydrogen-bond acceptors (Lipinski definition) is 3.